The molecule has 0 aliphatic rings. The average Bonchev–Trinajstić information content (AvgIpc) is 3.05. The topological polar surface area (TPSA) is 55.7 Å². The molecule has 0 unspecified atom stereocenters. The van der Waals surface area contributed by atoms with Gasteiger partial charge in [-0.1, -0.05) is 12.1 Å². The third-order valence-electron chi connectivity index (χ3n) is 4.40. The summed E-state index contributed by atoms with van der Waals surface area (Å²) in [5.41, 5.74) is 5.60. The molecule has 3 rings (SSSR count). The van der Waals surface area contributed by atoms with Crippen molar-refractivity contribution in [1.29, 1.82) is 5.26 Å². The van der Waals surface area contributed by atoms with Gasteiger partial charge in [0.1, 0.15) is 11.9 Å². The summed E-state index contributed by atoms with van der Waals surface area (Å²) in [5.74, 6) is 0.594. The highest BCUT2D eigenvalue weighted by Crippen LogP contribution is 2.29. The van der Waals surface area contributed by atoms with E-state index in [1.165, 1.54) is 0 Å². The second kappa shape index (κ2) is 7.76. The number of aryl methyl sites for hydroxylation is 1. The van der Waals surface area contributed by atoms with Crippen LogP contribution < -0.4 is 4.90 Å². The lowest BCUT2D eigenvalue weighted by molar-refractivity contribution is 0.864. The summed E-state index contributed by atoms with van der Waals surface area (Å²) in [4.78, 5) is 10.1. The van der Waals surface area contributed by atoms with Gasteiger partial charge in [-0.25, -0.2) is 4.98 Å². The number of H-pyrrole nitrogens is 1. The van der Waals surface area contributed by atoms with Crippen LogP contribution in [0, 0.1) is 18.3 Å². The lowest BCUT2D eigenvalue weighted by Crippen LogP contribution is -2.22. The first-order chi connectivity index (χ1) is 12.5. The van der Waals surface area contributed by atoms with Gasteiger partial charge in [-0.2, -0.15) is 5.26 Å². The van der Waals surface area contributed by atoms with Crippen molar-refractivity contribution in [3.8, 4) is 6.07 Å². The minimum absolute atomic E-state index is 0.515. The third-order valence-corrected chi connectivity index (χ3v) is 5.03. The molecule has 0 amide bonds. The summed E-state index contributed by atoms with van der Waals surface area (Å²) in [7, 11) is 0. The van der Waals surface area contributed by atoms with Gasteiger partial charge < -0.3 is 9.88 Å². The number of nitrogens with one attached hydrogen (secondary N) is 1. The fourth-order valence-corrected chi connectivity index (χ4v) is 3.65. The summed E-state index contributed by atoms with van der Waals surface area (Å²) in [5, 5.41) is 9.61. The Morgan fingerprint density at radius 2 is 2.00 bits per heavy atom. The molecule has 5 heteroatoms. The number of allylic oxidation sites excluding steroid dienone is 1. The number of imidazole rings is 1. The molecule has 26 heavy (non-hydrogen) atoms. The van der Waals surface area contributed by atoms with Gasteiger partial charge in [0.25, 0.3) is 0 Å². The van der Waals surface area contributed by atoms with Crippen LogP contribution in [-0.4, -0.2) is 23.1 Å². The summed E-state index contributed by atoms with van der Waals surface area (Å²) in [6.07, 6.45) is 1.86. The molecule has 4 nitrogen and oxygen atoms in total. The molecule has 0 atom stereocenters. The van der Waals surface area contributed by atoms with Crippen LogP contribution in [0.1, 0.15) is 30.8 Å². The van der Waals surface area contributed by atoms with Crippen LogP contribution in [0.15, 0.2) is 40.9 Å². The molecule has 0 bridgehead atoms. The van der Waals surface area contributed by atoms with Gasteiger partial charge in [-0.15, -0.1) is 0 Å². The number of nitrogens with zero attached hydrogens (tertiary/aromatic N) is 3. The van der Waals surface area contributed by atoms with Gasteiger partial charge in [-0.05, 0) is 78.2 Å². The number of benzene rings is 2. The smallest absolute Gasteiger partial charge is 0.149 e. The Kier molecular flexibility index (Phi) is 5.43. The molecule has 132 valence electrons. The molecule has 0 spiro atoms. The summed E-state index contributed by atoms with van der Waals surface area (Å²) < 4.78 is 1.02. The Morgan fingerprint density at radius 1 is 1.23 bits per heavy atom. The standard InChI is InChI=1S/C21H21BrN4/c1-4-26(5-2)20-9-7-15(12-17(20)22)11-16(13-23)21-24-18-8-6-14(3)10-19(18)25-21/h6-12H,4-5H2,1-3H3,(H,24,25)/b16-11+. The molecule has 0 fully saturated rings. The minimum atomic E-state index is 0.515. The maximum absolute atomic E-state index is 9.61. The molecular formula is C21H21BrN4. The Hall–Kier alpha value is -2.58. The number of halogens is 1. The van der Waals surface area contributed by atoms with Gasteiger partial charge in [0.2, 0.25) is 0 Å². The predicted octanol–water partition coefficient (Wildman–Crippen LogP) is 5.54. The van der Waals surface area contributed by atoms with Crippen molar-refractivity contribution in [3.05, 3.63) is 57.8 Å². The van der Waals surface area contributed by atoms with E-state index in [1.807, 2.05) is 43.3 Å². The number of aromatic amines is 1. The van der Waals surface area contributed by atoms with Gasteiger partial charge in [0, 0.05) is 17.6 Å². The Morgan fingerprint density at radius 3 is 2.65 bits per heavy atom. The summed E-state index contributed by atoms with van der Waals surface area (Å²) >= 11 is 3.66. The highest BCUT2D eigenvalue weighted by atomic mass is 79.9. The van der Waals surface area contributed by atoms with E-state index in [9.17, 15) is 5.26 Å². The first-order valence-corrected chi connectivity index (χ1v) is 9.48. The SMILES string of the molecule is CCN(CC)c1ccc(/C=C(\C#N)c2nc3ccc(C)cc3[nH]2)cc1Br. The molecule has 0 aliphatic heterocycles. The van der Waals surface area contributed by atoms with Crippen molar-refractivity contribution in [2.24, 2.45) is 0 Å². The summed E-state index contributed by atoms with van der Waals surface area (Å²) in [6, 6.07) is 14.4. The first-order valence-electron chi connectivity index (χ1n) is 8.68. The van der Waals surface area contributed by atoms with Gasteiger partial charge >= 0.3 is 0 Å². The van der Waals surface area contributed by atoms with E-state index in [1.54, 1.807) is 0 Å². The maximum Gasteiger partial charge on any atom is 0.149 e. The van der Waals surface area contributed by atoms with Crippen molar-refractivity contribution in [1.82, 2.24) is 9.97 Å². The Balaban J connectivity index is 1.98. The Labute approximate surface area is 162 Å². The van der Waals surface area contributed by atoms with Gasteiger partial charge in [0.05, 0.1) is 22.3 Å². The number of rotatable bonds is 5. The lowest BCUT2D eigenvalue weighted by atomic mass is 10.1. The van der Waals surface area contributed by atoms with Crippen molar-refractivity contribution in [2.45, 2.75) is 20.8 Å². The fraction of sp³-hybridized carbons (Fsp3) is 0.238. The lowest BCUT2D eigenvalue weighted by Gasteiger charge is -2.22. The monoisotopic (exact) mass is 408 g/mol. The van der Waals surface area contributed by atoms with Gasteiger partial charge in [0.15, 0.2) is 0 Å². The molecule has 2 aromatic carbocycles. The second-order valence-corrected chi connectivity index (χ2v) is 7.01. The molecule has 0 aliphatic carbocycles. The molecule has 0 saturated heterocycles. The fourth-order valence-electron chi connectivity index (χ4n) is 3.00. The molecule has 3 aromatic rings. The minimum Gasteiger partial charge on any atom is -0.371 e. The quantitative estimate of drug-likeness (QED) is 0.563. The summed E-state index contributed by atoms with van der Waals surface area (Å²) in [6.45, 7) is 8.22. The zero-order chi connectivity index (χ0) is 18.7. The van der Waals surface area contributed by atoms with Crippen LogP contribution in [0.2, 0.25) is 0 Å². The third kappa shape index (κ3) is 3.66. The number of hydrogen-bond acceptors (Lipinski definition) is 3. The predicted molar refractivity (Wildman–Crippen MR) is 112 cm³/mol. The number of hydrogen-bond donors (Lipinski definition) is 1. The van der Waals surface area contributed by atoms with Crippen LogP contribution >= 0.6 is 15.9 Å². The normalized spacial score (nSPS) is 11.6. The highest BCUT2D eigenvalue weighted by molar-refractivity contribution is 9.10. The molecule has 0 saturated carbocycles. The van der Waals surface area contributed by atoms with E-state index in [4.69, 9.17) is 0 Å². The average molecular weight is 409 g/mol. The number of aromatic nitrogens is 2. The van der Waals surface area contributed by atoms with E-state index >= 15 is 0 Å². The van der Waals surface area contributed by atoms with Crippen molar-refractivity contribution in [3.63, 3.8) is 0 Å². The second-order valence-electron chi connectivity index (χ2n) is 6.16. The number of fused-ring (bicyclic) bond motifs is 1. The van der Waals surface area contributed by atoms with Crippen LogP contribution in [0.25, 0.3) is 22.7 Å². The van der Waals surface area contributed by atoms with E-state index < -0.39 is 0 Å². The zero-order valence-electron chi connectivity index (χ0n) is 15.2. The van der Waals surface area contributed by atoms with Crippen molar-refractivity contribution >= 4 is 44.3 Å². The molecule has 1 N–H and O–H groups in total. The van der Waals surface area contributed by atoms with E-state index in [-0.39, 0.29) is 0 Å². The molecule has 1 heterocycles. The largest absolute Gasteiger partial charge is 0.371 e. The van der Waals surface area contributed by atoms with Crippen LogP contribution in [-0.2, 0) is 0 Å². The van der Waals surface area contributed by atoms with E-state index in [2.05, 4.69) is 56.8 Å². The van der Waals surface area contributed by atoms with E-state index in [0.717, 1.165) is 45.4 Å². The molecule has 0 radical (unpaired) electrons. The van der Waals surface area contributed by atoms with Crippen molar-refractivity contribution < 1.29 is 0 Å². The van der Waals surface area contributed by atoms with Crippen molar-refractivity contribution in [2.75, 3.05) is 18.0 Å². The van der Waals surface area contributed by atoms with Crippen LogP contribution in [0.3, 0.4) is 0 Å². The molecule has 1 aromatic heterocycles. The first kappa shape index (κ1) is 18.2. The van der Waals surface area contributed by atoms with E-state index in [0.29, 0.717) is 11.4 Å². The zero-order valence-corrected chi connectivity index (χ0v) is 16.8. The highest BCUT2D eigenvalue weighted by Gasteiger charge is 2.10. The maximum atomic E-state index is 9.61. The van der Waals surface area contributed by atoms with Crippen LogP contribution in [0.4, 0.5) is 5.69 Å². The van der Waals surface area contributed by atoms with Gasteiger partial charge in [-0.3, -0.25) is 0 Å². The van der Waals surface area contributed by atoms with Crippen LogP contribution in [0.5, 0.6) is 0 Å². The molecular weight excluding hydrogens is 388 g/mol. The number of nitriles is 1. The number of anilines is 1. The Bertz CT molecular complexity index is 1010.